The molecule has 29 heavy (non-hydrogen) atoms. The third kappa shape index (κ3) is 2.88. The maximum absolute atomic E-state index is 12.8. The summed E-state index contributed by atoms with van der Waals surface area (Å²) < 4.78 is 3.36. The van der Waals surface area contributed by atoms with E-state index in [0.29, 0.717) is 17.5 Å². The van der Waals surface area contributed by atoms with E-state index in [-0.39, 0.29) is 5.56 Å². The maximum atomic E-state index is 12.8. The Kier molecular flexibility index (Phi) is 4.28. The van der Waals surface area contributed by atoms with Gasteiger partial charge in [-0.1, -0.05) is 19.9 Å². The summed E-state index contributed by atoms with van der Waals surface area (Å²) in [6.45, 7) is 6.58. The highest BCUT2D eigenvalue weighted by Crippen LogP contribution is 2.37. The molecule has 0 aliphatic carbocycles. The van der Waals surface area contributed by atoms with Crippen LogP contribution in [-0.2, 0) is 7.05 Å². The van der Waals surface area contributed by atoms with E-state index in [9.17, 15) is 4.79 Å². The molecule has 0 radical (unpaired) electrons. The van der Waals surface area contributed by atoms with Crippen molar-refractivity contribution in [1.82, 2.24) is 29.5 Å². The number of piperidine rings is 1. The zero-order valence-corrected chi connectivity index (χ0v) is 17.1. The fraction of sp³-hybridized carbons (Fsp3) is 0.409. The summed E-state index contributed by atoms with van der Waals surface area (Å²) in [6, 6.07) is 6.80. The average molecular weight is 390 g/mol. The van der Waals surface area contributed by atoms with E-state index >= 15 is 0 Å². The molecule has 0 spiro atoms. The van der Waals surface area contributed by atoms with Gasteiger partial charge in [-0.15, -0.1) is 10.2 Å². The molecule has 2 N–H and O–H groups in total. The number of hydrogen-bond acceptors (Lipinski definition) is 4. The van der Waals surface area contributed by atoms with Gasteiger partial charge in [0.05, 0.1) is 11.4 Å². The van der Waals surface area contributed by atoms with Gasteiger partial charge in [-0.05, 0) is 61.0 Å². The van der Waals surface area contributed by atoms with Gasteiger partial charge in [0.2, 0.25) is 5.65 Å². The minimum atomic E-state index is -0.149. The summed E-state index contributed by atoms with van der Waals surface area (Å²) in [5.41, 5.74) is 5.79. The Morgan fingerprint density at radius 2 is 2.00 bits per heavy atom. The van der Waals surface area contributed by atoms with Crippen LogP contribution in [0.5, 0.6) is 0 Å². The van der Waals surface area contributed by atoms with Crippen LogP contribution in [0.1, 0.15) is 49.7 Å². The van der Waals surface area contributed by atoms with Crippen LogP contribution in [0.4, 0.5) is 0 Å². The molecule has 1 aliphatic rings. The number of nitrogens with zero attached hydrogens (tertiary/aromatic N) is 4. The molecule has 7 nitrogen and oxygen atoms in total. The van der Waals surface area contributed by atoms with E-state index in [0.717, 1.165) is 30.0 Å². The molecule has 0 unspecified atom stereocenters. The second-order valence-electron chi connectivity index (χ2n) is 8.34. The topological polar surface area (TPSA) is 80.0 Å². The third-order valence-electron chi connectivity index (χ3n) is 6.20. The van der Waals surface area contributed by atoms with Gasteiger partial charge < -0.3 is 14.9 Å². The van der Waals surface area contributed by atoms with Crippen LogP contribution >= 0.6 is 0 Å². The third-order valence-corrected chi connectivity index (χ3v) is 6.20. The molecule has 0 atom stereocenters. The quantitative estimate of drug-likeness (QED) is 0.563. The highest BCUT2D eigenvalue weighted by Gasteiger charge is 2.22. The number of aromatic amines is 1. The van der Waals surface area contributed by atoms with Gasteiger partial charge in [-0.2, -0.15) is 0 Å². The van der Waals surface area contributed by atoms with Gasteiger partial charge >= 0.3 is 0 Å². The van der Waals surface area contributed by atoms with E-state index in [1.807, 2.05) is 6.20 Å². The lowest BCUT2D eigenvalue weighted by molar-refractivity contribution is 0.460. The van der Waals surface area contributed by atoms with Gasteiger partial charge in [0.15, 0.2) is 0 Å². The van der Waals surface area contributed by atoms with E-state index in [1.54, 1.807) is 22.3 Å². The first-order valence-electron chi connectivity index (χ1n) is 10.3. The lowest BCUT2D eigenvalue weighted by Crippen LogP contribution is -2.26. The number of nitrogens with one attached hydrogen (secondary N) is 2. The van der Waals surface area contributed by atoms with Crippen LogP contribution in [0.3, 0.4) is 0 Å². The van der Waals surface area contributed by atoms with E-state index in [1.165, 1.54) is 29.4 Å². The fourth-order valence-electron chi connectivity index (χ4n) is 4.64. The van der Waals surface area contributed by atoms with Crippen molar-refractivity contribution >= 4 is 16.6 Å². The summed E-state index contributed by atoms with van der Waals surface area (Å²) in [6.07, 6.45) is 5.87. The molecule has 7 heteroatoms. The molecule has 1 aliphatic heterocycles. The first-order valence-corrected chi connectivity index (χ1v) is 10.3. The summed E-state index contributed by atoms with van der Waals surface area (Å²) in [5.74, 6) is 0.922. The van der Waals surface area contributed by atoms with Crippen molar-refractivity contribution in [2.75, 3.05) is 13.1 Å². The molecule has 1 saturated heterocycles. The molecule has 0 saturated carbocycles. The molecule has 4 heterocycles. The van der Waals surface area contributed by atoms with E-state index in [2.05, 4.69) is 52.5 Å². The predicted octanol–water partition coefficient (Wildman–Crippen LogP) is 3.17. The second-order valence-corrected chi connectivity index (χ2v) is 8.34. The summed E-state index contributed by atoms with van der Waals surface area (Å²) >= 11 is 0. The van der Waals surface area contributed by atoms with E-state index in [4.69, 9.17) is 0 Å². The first-order chi connectivity index (χ1) is 14.0. The molecular weight excluding hydrogens is 364 g/mol. The van der Waals surface area contributed by atoms with Crippen molar-refractivity contribution < 1.29 is 0 Å². The number of benzene rings is 1. The SMILES string of the molecule is CC(C)c1c(-c2cn3cnnc3c(=O)n2C)[nH]c2ccc(C3CCNCC3)cc12. The van der Waals surface area contributed by atoms with Crippen molar-refractivity contribution in [2.45, 2.75) is 38.5 Å². The number of aromatic nitrogens is 5. The van der Waals surface area contributed by atoms with Crippen LogP contribution in [-0.4, -0.2) is 37.2 Å². The Bertz CT molecular complexity index is 1260. The molecule has 1 fully saturated rings. The Hall–Kier alpha value is -2.93. The zero-order valence-electron chi connectivity index (χ0n) is 17.1. The first kappa shape index (κ1) is 18.1. The van der Waals surface area contributed by atoms with Crippen LogP contribution < -0.4 is 10.9 Å². The zero-order chi connectivity index (χ0) is 20.1. The van der Waals surface area contributed by atoms with Gasteiger partial charge in [-0.25, -0.2) is 0 Å². The number of H-pyrrole nitrogens is 1. The Labute approximate surface area is 168 Å². The summed E-state index contributed by atoms with van der Waals surface area (Å²) in [4.78, 5) is 16.4. The summed E-state index contributed by atoms with van der Waals surface area (Å²) in [7, 11) is 1.79. The highest BCUT2D eigenvalue weighted by atomic mass is 16.1. The smallest absolute Gasteiger partial charge is 0.296 e. The van der Waals surface area contributed by atoms with Gasteiger partial charge in [0, 0.05) is 24.1 Å². The molecule has 0 amide bonds. The van der Waals surface area contributed by atoms with Crippen molar-refractivity contribution in [3.63, 3.8) is 0 Å². The molecule has 1 aromatic carbocycles. The van der Waals surface area contributed by atoms with Crippen molar-refractivity contribution in [3.05, 3.63) is 52.2 Å². The number of rotatable bonds is 3. The van der Waals surface area contributed by atoms with Crippen LogP contribution in [0.2, 0.25) is 0 Å². The van der Waals surface area contributed by atoms with E-state index < -0.39 is 0 Å². The van der Waals surface area contributed by atoms with Gasteiger partial charge in [0.25, 0.3) is 5.56 Å². The number of fused-ring (bicyclic) bond motifs is 2. The standard InChI is InChI=1S/C22H26N6O/c1-13(2)19-16-10-15(14-6-8-23-9-7-14)4-5-17(16)25-20(19)18-11-28-12-24-26-21(28)22(29)27(18)3/h4-5,10-14,23,25H,6-9H2,1-3H3. The molecule has 4 aromatic rings. The minimum Gasteiger partial charge on any atom is -0.353 e. The van der Waals surface area contributed by atoms with Crippen molar-refractivity contribution in [3.8, 4) is 11.4 Å². The van der Waals surface area contributed by atoms with Crippen LogP contribution in [0.15, 0.2) is 35.5 Å². The highest BCUT2D eigenvalue weighted by molar-refractivity contribution is 5.91. The molecular formula is C22H26N6O. The molecule has 3 aromatic heterocycles. The van der Waals surface area contributed by atoms with Crippen molar-refractivity contribution in [1.29, 1.82) is 0 Å². The lowest BCUT2D eigenvalue weighted by Gasteiger charge is -2.23. The van der Waals surface area contributed by atoms with Crippen molar-refractivity contribution in [2.24, 2.45) is 7.05 Å². The monoisotopic (exact) mass is 390 g/mol. The fourth-order valence-corrected chi connectivity index (χ4v) is 4.64. The molecule has 0 bridgehead atoms. The van der Waals surface area contributed by atoms with Gasteiger partial charge in [-0.3, -0.25) is 9.20 Å². The largest absolute Gasteiger partial charge is 0.353 e. The average Bonchev–Trinajstić information content (AvgIpc) is 3.35. The Morgan fingerprint density at radius 3 is 2.76 bits per heavy atom. The Balaban J connectivity index is 1.73. The molecule has 5 rings (SSSR count). The van der Waals surface area contributed by atoms with Crippen LogP contribution in [0, 0.1) is 0 Å². The van der Waals surface area contributed by atoms with Crippen LogP contribution in [0.25, 0.3) is 27.9 Å². The maximum Gasteiger partial charge on any atom is 0.296 e. The second kappa shape index (κ2) is 6.84. The lowest BCUT2D eigenvalue weighted by atomic mass is 9.88. The predicted molar refractivity (Wildman–Crippen MR) is 114 cm³/mol. The number of hydrogen-bond donors (Lipinski definition) is 2. The summed E-state index contributed by atoms with van der Waals surface area (Å²) in [5, 5.41) is 12.5. The molecule has 150 valence electrons. The normalized spacial score (nSPS) is 15.7. The van der Waals surface area contributed by atoms with Gasteiger partial charge in [0.1, 0.15) is 6.33 Å². The Morgan fingerprint density at radius 1 is 1.21 bits per heavy atom. The minimum absolute atomic E-state index is 0.149.